The van der Waals surface area contributed by atoms with E-state index < -0.39 is 0 Å². The second kappa shape index (κ2) is 12.7. The zero-order chi connectivity index (χ0) is 21.1. The molecule has 0 aliphatic heterocycles. The van der Waals surface area contributed by atoms with Crippen LogP contribution in [0.25, 0.3) is 10.8 Å². The van der Waals surface area contributed by atoms with Crippen LogP contribution >= 0.6 is 0 Å². The maximum absolute atomic E-state index is 13.6. The second-order valence-electron chi connectivity index (χ2n) is 8.61. The van der Waals surface area contributed by atoms with Gasteiger partial charge in [-0.1, -0.05) is 96.6 Å². The van der Waals surface area contributed by atoms with Crippen molar-refractivity contribution in [1.29, 1.82) is 0 Å². The molecule has 0 aliphatic carbocycles. The van der Waals surface area contributed by atoms with E-state index >= 15 is 0 Å². The number of nitrogens with zero attached hydrogens (tertiary/aromatic N) is 1. The van der Waals surface area contributed by atoms with Crippen LogP contribution in [-0.4, -0.2) is 23.9 Å². The molecular formula is C27H41NO. The van der Waals surface area contributed by atoms with Gasteiger partial charge in [-0.25, -0.2) is 0 Å². The van der Waals surface area contributed by atoms with E-state index in [-0.39, 0.29) is 5.91 Å². The summed E-state index contributed by atoms with van der Waals surface area (Å²) in [6, 6.07) is 14.5. The Bertz CT molecular complexity index is 720. The fourth-order valence-corrected chi connectivity index (χ4v) is 4.20. The van der Waals surface area contributed by atoms with Crippen molar-refractivity contribution in [1.82, 2.24) is 4.90 Å². The third-order valence-corrected chi connectivity index (χ3v) is 6.33. The van der Waals surface area contributed by atoms with E-state index in [1.165, 1.54) is 43.9 Å². The third-order valence-electron chi connectivity index (χ3n) is 6.33. The largest absolute Gasteiger partial charge is 0.338 e. The first-order valence-corrected chi connectivity index (χ1v) is 11.9. The minimum Gasteiger partial charge on any atom is -0.338 e. The Morgan fingerprint density at radius 2 is 1.34 bits per heavy atom. The molecule has 0 saturated heterocycles. The van der Waals surface area contributed by atoms with E-state index in [2.05, 4.69) is 62.9 Å². The Morgan fingerprint density at radius 1 is 0.793 bits per heavy atom. The highest BCUT2D eigenvalue weighted by Gasteiger charge is 2.22. The zero-order valence-corrected chi connectivity index (χ0v) is 19.1. The fourth-order valence-electron chi connectivity index (χ4n) is 4.20. The molecule has 2 atom stereocenters. The molecule has 160 valence electrons. The van der Waals surface area contributed by atoms with E-state index in [0.717, 1.165) is 36.9 Å². The van der Waals surface area contributed by atoms with Crippen molar-refractivity contribution in [3.05, 3.63) is 48.0 Å². The summed E-state index contributed by atoms with van der Waals surface area (Å²) < 4.78 is 0. The van der Waals surface area contributed by atoms with Gasteiger partial charge in [0.25, 0.3) is 5.91 Å². The van der Waals surface area contributed by atoms with Crippen molar-refractivity contribution in [2.24, 2.45) is 11.8 Å². The van der Waals surface area contributed by atoms with Crippen LogP contribution in [-0.2, 0) is 0 Å². The standard InChI is InChI=1S/C27H41NO/c1-5-9-13-22(7-3)20-28(21-23(8-4)14-10-6-2)27(29)26-18-17-24-15-11-12-16-25(24)19-26/h11-12,15-19,22-23H,5-10,13-14,20-21H2,1-4H3. The van der Waals surface area contributed by atoms with Crippen LogP contribution < -0.4 is 0 Å². The number of hydrogen-bond donors (Lipinski definition) is 0. The molecule has 0 fully saturated rings. The monoisotopic (exact) mass is 395 g/mol. The molecule has 0 spiro atoms. The molecule has 0 saturated carbocycles. The molecule has 2 aromatic carbocycles. The summed E-state index contributed by atoms with van der Waals surface area (Å²) in [5, 5.41) is 2.34. The van der Waals surface area contributed by atoms with Gasteiger partial charge in [0.05, 0.1) is 0 Å². The number of hydrogen-bond acceptors (Lipinski definition) is 1. The first-order chi connectivity index (χ1) is 14.1. The Hall–Kier alpha value is -1.83. The average molecular weight is 396 g/mol. The van der Waals surface area contributed by atoms with Gasteiger partial charge in [0.1, 0.15) is 0 Å². The van der Waals surface area contributed by atoms with Crippen LogP contribution in [0, 0.1) is 11.8 Å². The number of carbonyl (C=O) groups excluding carboxylic acids is 1. The van der Waals surface area contributed by atoms with Crippen molar-refractivity contribution in [3.8, 4) is 0 Å². The van der Waals surface area contributed by atoms with Crippen LogP contribution in [0.3, 0.4) is 0 Å². The molecule has 0 aromatic heterocycles. The van der Waals surface area contributed by atoms with Crippen LogP contribution in [0.1, 0.15) is 89.4 Å². The molecule has 1 amide bonds. The maximum atomic E-state index is 13.6. The van der Waals surface area contributed by atoms with E-state index in [1.807, 2.05) is 12.1 Å². The summed E-state index contributed by atoms with van der Waals surface area (Å²) in [5.74, 6) is 1.41. The lowest BCUT2D eigenvalue weighted by Gasteiger charge is -2.31. The Balaban J connectivity index is 2.23. The summed E-state index contributed by atoms with van der Waals surface area (Å²) in [6.07, 6.45) is 9.69. The van der Waals surface area contributed by atoms with Gasteiger partial charge in [-0.2, -0.15) is 0 Å². The summed E-state index contributed by atoms with van der Waals surface area (Å²) in [5.41, 5.74) is 0.833. The van der Waals surface area contributed by atoms with Gasteiger partial charge in [-0.05, 0) is 47.6 Å². The molecular weight excluding hydrogens is 354 g/mol. The Labute approximate surface area is 178 Å². The quantitative estimate of drug-likeness (QED) is 0.340. The van der Waals surface area contributed by atoms with E-state index in [0.29, 0.717) is 11.8 Å². The lowest BCUT2D eigenvalue weighted by atomic mass is 9.95. The van der Waals surface area contributed by atoms with Gasteiger partial charge in [-0.3, -0.25) is 4.79 Å². The van der Waals surface area contributed by atoms with Crippen molar-refractivity contribution in [2.75, 3.05) is 13.1 Å². The van der Waals surface area contributed by atoms with E-state index in [1.54, 1.807) is 0 Å². The molecule has 0 bridgehead atoms. The van der Waals surface area contributed by atoms with Crippen LogP contribution in [0.5, 0.6) is 0 Å². The summed E-state index contributed by atoms with van der Waals surface area (Å²) in [6.45, 7) is 10.8. The molecule has 2 unspecified atom stereocenters. The minimum atomic E-state index is 0.209. The lowest BCUT2D eigenvalue weighted by molar-refractivity contribution is 0.0685. The van der Waals surface area contributed by atoms with E-state index in [9.17, 15) is 4.79 Å². The van der Waals surface area contributed by atoms with Crippen LogP contribution in [0.4, 0.5) is 0 Å². The van der Waals surface area contributed by atoms with Crippen molar-refractivity contribution in [2.45, 2.75) is 79.1 Å². The van der Waals surface area contributed by atoms with Crippen molar-refractivity contribution < 1.29 is 4.79 Å². The number of benzene rings is 2. The first-order valence-electron chi connectivity index (χ1n) is 11.9. The van der Waals surface area contributed by atoms with Gasteiger partial charge in [0.2, 0.25) is 0 Å². The lowest BCUT2D eigenvalue weighted by Crippen LogP contribution is -2.39. The van der Waals surface area contributed by atoms with Crippen molar-refractivity contribution >= 4 is 16.7 Å². The van der Waals surface area contributed by atoms with Gasteiger partial charge in [-0.15, -0.1) is 0 Å². The molecule has 2 rings (SSSR count). The normalized spacial score (nSPS) is 13.4. The fraction of sp³-hybridized carbons (Fsp3) is 0.593. The van der Waals surface area contributed by atoms with Gasteiger partial charge in [0.15, 0.2) is 0 Å². The number of amides is 1. The Kier molecular flexibility index (Phi) is 10.2. The topological polar surface area (TPSA) is 20.3 Å². The molecule has 0 heterocycles. The van der Waals surface area contributed by atoms with Gasteiger partial charge >= 0.3 is 0 Å². The predicted molar refractivity (Wildman–Crippen MR) is 126 cm³/mol. The third kappa shape index (κ3) is 7.17. The number of carbonyl (C=O) groups is 1. The molecule has 0 radical (unpaired) electrons. The van der Waals surface area contributed by atoms with Gasteiger partial charge in [0, 0.05) is 18.7 Å². The van der Waals surface area contributed by atoms with Gasteiger partial charge < -0.3 is 4.90 Å². The van der Waals surface area contributed by atoms with E-state index in [4.69, 9.17) is 0 Å². The molecule has 2 aromatic rings. The molecule has 29 heavy (non-hydrogen) atoms. The Morgan fingerprint density at radius 3 is 1.86 bits per heavy atom. The van der Waals surface area contributed by atoms with Crippen molar-refractivity contribution in [3.63, 3.8) is 0 Å². The molecule has 0 N–H and O–H groups in total. The summed E-state index contributed by atoms with van der Waals surface area (Å²) in [7, 11) is 0. The second-order valence-corrected chi connectivity index (χ2v) is 8.61. The van der Waals surface area contributed by atoms with Crippen LogP contribution in [0.15, 0.2) is 42.5 Å². The highest BCUT2D eigenvalue weighted by molar-refractivity contribution is 5.98. The number of unbranched alkanes of at least 4 members (excludes halogenated alkanes) is 2. The first kappa shape index (κ1) is 23.4. The summed E-state index contributed by atoms with van der Waals surface area (Å²) in [4.78, 5) is 15.7. The SMILES string of the molecule is CCCCC(CC)CN(CC(CC)CCCC)C(=O)c1ccc2ccccc2c1. The molecule has 2 nitrogen and oxygen atoms in total. The minimum absolute atomic E-state index is 0.209. The predicted octanol–water partition coefficient (Wildman–Crippen LogP) is 7.71. The highest BCUT2D eigenvalue weighted by atomic mass is 16.2. The summed E-state index contributed by atoms with van der Waals surface area (Å²) >= 11 is 0. The smallest absolute Gasteiger partial charge is 0.253 e. The number of fused-ring (bicyclic) bond motifs is 1. The zero-order valence-electron chi connectivity index (χ0n) is 19.1. The number of rotatable bonds is 13. The molecule has 0 aliphatic rings. The highest BCUT2D eigenvalue weighted by Crippen LogP contribution is 2.22. The maximum Gasteiger partial charge on any atom is 0.253 e. The van der Waals surface area contributed by atoms with Crippen LogP contribution in [0.2, 0.25) is 0 Å². The molecule has 2 heteroatoms. The average Bonchev–Trinajstić information content (AvgIpc) is 2.77.